The summed E-state index contributed by atoms with van der Waals surface area (Å²) >= 11 is 0. The predicted molar refractivity (Wildman–Crippen MR) is 84.9 cm³/mol. The summed E-state index contributed by atoms with van der Waals surface area (Å²) in [5, 5.41) is 12.0. The molecule has 5 heteroatoms. The van der Waals surface area contributed by atoms with Crippen LogP contribution in [0.15, 0.2) is 30.6 Å². The number of aromatic nitrogens is 2. The Kier molecular flexibility index (Phi) is 4.39. The highest BCUT2D eigenvalue weighted by Crippen LogP contribution is 2.33. The first-order valence-corrected chi connectivity index (χ1v) is 6.85. The first-order valence-electron chi connectivity index (χ1n) is 6.85. The first kappa shape index (κ1) is 14.8. The Morgan fingerprint density at radius 2 is 1.86 bits per heavy atom. The van der Waals surface area contributed by atoms with Gasteiger partial charge >= 0.3 is 0 Å². The van der Waals surface area contributed by atoms with E-state index in [2.05, 4.69) is 35.2 Å². The largest absolute Gasteiger partial charge is 0.373 e. The molecule has 5 nitrogen and oxygen atoms in total. The summed E-state index contributed by atoms with van der Waals surface area (Å²) in [7, 11) is 3.83. The van der Waals surface area contributed by atoms with Crippen LogP contribution < -0.4 is 10.2 Å². The lowest BCUT2D eigenvalue weighted by molar-refractivity contribution is 0.841. The summed E-state index contributed by atoms with van der Waals surface area (Å²) in [6, 6.07) is 9.58. The third kappa shape index (κ3) is 2.95. The van der Waals surface area contributed by atoms with Crippen molar-refractivity contribution in [3.8, 4) is 6.07 Å². The molecule has 0 saturated carbocycles. The minimum absolute atomic E-state index is 0.296. The molecule has 2 rings (SSSR count). The summed E-state index contributed by atoms with van der Waals surface area (Å²) in [6.45, 7) is 4.24. The zero-order valence-corrected chi connectivity index (χ0v) is 12.8. The normalized spacial score (nSPS) is 10.3. The van der Waals surface area contributed by atoms with Gasteiger partial charge in [0, 0.05) is 25.3 Å². The van der Waals surface area contributed by atoms with Crippen LogP contribution in [0, 0.1) is 11.3 Å². The van der Waals surface area contributed by atoms with E-state index in [0.29, 0.717) is 11.5 Å². The van der Waals surface area contributed by atoms with Crippen LogP contribution in [0.4, 0.5) is 17.3 Å². The van der Waals surface area contributed by atoms with Crippen molar-refractivity contribution in [3.05, 3.63) is 41.7 Å². The van der Waals surface area contributed by atoms with Crippen LogP contribution >= 0.6 is 0 Å². The standard InChI is InChI=1S/C16H19N5/c1-11(2)14-15(18-3)19-10-20-16(14)21(4)13-7-5-12(9-17)6-8-13/h5-8,10-11H,1-4H3,(H,18,19,20). The number of hydrogen-bond acceptors (Lipinski definition) is 5. The van der Waals surface area contributed by atoms with Crippen molar-refractivity contribution in [1.82, 2.24) is 9.97 Å². The molecule has 0 atom stereocenters. The van der Waals surface area contributed by atoms with Crippen LogP contribution in [0.3, 0.4) is 0 Å². The van der Waals surface area contributed by atoms with Gasteiger partial charge in [-0.3, -0.25) is 0 Å². The van der Waals surface area contributed by atoms with E-state index in [0.717, 1.165) is 22.9 Å². The number of nitrogens with zero attached hydrogens (tertiary/aromatic N) is 4. The summed E-state index contributed by atoms with van der Waals surface area (Å²) < 4.78 is 0. The molecule has 0 fully saturated rings. The van der Waals surface area contributed by atoms with E-state index in [4.69, 9.17) is 5.26 Å². The minimum Gasteiger partial charge on any atom is -0.373 e. The van der Waals surface area contributed by atoms with Gasteiger partial charge in [0.1, 0.15) is 18.0 Å². The van der Waals surface area contributed by atoms with Crippen LogP contribution in [0.1, 0.15) is 30.9 Å². The van der Waals surface area contributed by atoms with Gasteiger partial charge in [0.05, 0.1) is 11.6 Å². The number of hydrogen-bond donors (Lipinski definition) is 1. The van der Waals surface area contributed by atoms with E-state index in [1.54, 1.807) is 18.5 Å². The molecule has 0 aliphatic rings. The third-order valence-corrected chi connectivity index (χ3v) is 3.38. The Balaban J connectivity index is 2.47. The number of nitrogens with one attached hydrogen (secondary N) is 1. The minimum atomic E-state index is 0.296. The van der Waals surface area contributed by atoms with E-state index in [9.17, 15) is 0 Å². The molecule has 0 saturated heterocycles. The van der Waals surface area contributed by atoms with Gasteiger partial charge in [0.2, 0.25) is 0 Å². The molecule has 1 heterocycles. The van der Waals surface area contributed by atoms with Crippen molar-refractivity contribution in [3.63, 3.8) is 0 Å². The Hall–Kier alpha value is -2.61. The fraction of sp³-hybridized carbons (Fsp3) is 0.312. The Labute approximate surface area is 125 Å². The molecule has 1 aromatic carbocycles. The second-order valence-corrected chi connectivity index (χ2v) is 5.08. The predicted octanol–water partition coefficient (Wildman–Crippen LogP) is 3.28. The zero-order valence-electron chi connectivity index (χ0n) is 12.8. The molecule has 1 aromatic heterocycles. The fourth-order valence-electron chi connectivity index (χ4n) is 2.27. The highest BCUT2D eigenvalue weighted by Gasteiger charge is 2.18. The molecule has 0 aliphatic carbocycles. The van der Waals surface area contributed by atoms with Gasteiger partial charge in [-0.15, -0.1) is 0 Å². The molecule has 0 bridgehead atoms. The lowest BCUT2D eigenvalue weighted by Gasteiger charge is -2.24. The maximum absolute atomic E-state index is 8.88. The van der Waals surface area contributed by atoms with E-state index in [-0.39, 0.29) is 0 Å². The molecule has 0 spiro atoms. The molecule has 2 aromatic rings. The monoisotopic (exact) mass is 281 g/mol. The lowest BCUT2D eigenvalue weighted by atomic mass is 10.0. The third-order valence-electron chi connectivity index (χ3n) is 3.38. The van der Waals surface area contributed by atoms with Crippen molar-refractivity contribution in [1.29, 1.82) is 5.26 Å². The summed E-state index contributed by atoms with van der Waals surface area (Å²) in [6.07, 6.45) is 1.56. The van der Waals surface area contributed by atoms with Crippen LogP contribution in [0.2, 0.25) is 0 Å². The van der Waals surface area contributed by atoms with Gasteiger partial charge in [0.25, 0.3) is 0 Å². The number of rotatable bonds is 4. The molecule has 0 amide bonds. The quantitative estimate of drug-likeness (QED) is 0.931. The second kappa shape index (κ2) is 6.23. The topological polar surface area (TPSA) is 64.8 Å². The van der Waals surface area contributed by atoms with Crippen LogP contribution in [-0.4, -0.2) is 24.1 Å². The van der Waals surface area contributed by atoms with E-state index in [1.807, 2.05) is 31.1 Å². The van der Waals surface area contributed by atoms with Crippen LogP contribution in [-0.2, 0) is 0 Å². The molecule has 108 valence electrons. The van der Waals surface area contributed by atoms with E-state index >= 15 is 0 Å². The molecular formula is C16H19N5. The summed E-state index contributed by atoms with van der Waals surface area (Å²) in [5.74, 6) is 2.01. The van der Waals surface area contributed by atoms with Gasteiger partial charge in [-0.05, 0) is 30.2 Å². The Morgan fingerprint density at radius 3 is 2.38 bits per heavy atom. The molecule has 0 unspecified atom stereocenters. The Bertz CT molecular complexity index is 655. The maximum Gasteiger partial charge on any atom is 0.141 e. The van der Waals surface area contributed by atoms with Gasteiger partial charge < -0.3 is 10.2 Å². The summed E-state index contributed by atoms with van der Waals surface area (Å²) in [4.78, 5) is 10.7. The molecule has 21 heavy (non-hydrogen) atoms. The fourth-order valence-corrected chi connectivity index (χ4v) is 2.27. The number of anilines is 3. The van der Waals surface area contributed by atoms with Gasteiger partial charge in [-0.1, -0.05) is 13.8 Å². The van der Waals surface area contributed by atoms with Gasteiger partial charge in [0.15, 0.2) is 0 Å². The summed E-state index contributed by atoms with van der Waals surface area (Å²) in [5.41, 5.74) is 2.71. The van der Waals surface area contributed by atoms with Crippen LogP contribution in [0.5, 0.6) is 0 Å². The lowest BCUT2D eigenvalue weighted by Crippen LogP contribution is -2.16. The molecular weight excluding hydrogens is 262 g/mol. The van der Waals surface area contributed by atoms with Crippen molar-refractivity contribution >= 4 is 17.3 Å². The number of benzene rings is 1. The molecule has 0 radical (unpaired) electrons. The molecule has 0 aliphatic heterocycles. The van der Waals surface area contributed by atoms with E-state index < -0.39 is 0 Å². The second-order valence-electron chi connectivity index (χ2n) is 5.08. The average Bonchev–Trinajstić information content (AvgIpc) is 2.53. The van der Waals surface area contributed by atoms with Crippen molar-refractivity contribution in [2.24, 2.45) is 0 Å². The average molecular weight is 281 g/mol. The van der Waals surface area contributed by atoms with Gasteiger partial charge in [-0.2, -0.15) is 5.26 Å². The molecule has 1 N–H and O–H groups in total. The van der Waals surface area contributed by atoms with E-state index in [1.165, 1.54) is 0 Å². The Morgan fingerprint density at radius 1 is 1.19 bits per heavy atom. The first-order chi connectivity index (χ1) is 10.1. The van der Waals surface area contributed by atoms with Crippen molar-refractivity contribution < 1.29 is 0 Å². The highest BCUT2D eigenvalue weighted by atomic mass is 15.2. The van der Waals surface area contributed by atoms with Crippen molar-refractivity contribution in [2.75, 3.05) is 24.3 Å². The highest BCUT2D eigenvalue weighted by molar-refractivity contribution is 5.68. The van der Waals surface area contributed by atoms with Gasteiger partial charge in [-0.25, -0.2) is 9.97 Å². The maximum atomic E-state index is 8.88. The smallest absolute Gasteiger partial charge is 0.141 e. The number of nitriles is 1. The SMILES string of the molecule is CNc1ncnc(N(C)c2ccc(C#N)cc2)c1C(C)C. The zero-order chi connectivity index (χ0) is 15.4. The van der Waals surface area contributed by atoms with Crippen LogP contribution in [0.25, 0.3) is 0 Å². The van der Waals surface area contributed by atoms with Crippen molar-refractivity contribution in [2.45, 2.75) is 19.8 Å².